The highest BCUT2D eigenvalue weighted by Gasteiger charge is 2.28. The van der Waals surface area contributed by atoms with E-state index in [0.29, 0.717) is 23.1 Å². The van der Waals surface area contributed by atoms with Gasteiger partial charge in [0.15, 0.2) is 0 Å². The maximum absolute atomic E-state index is 6.36. The quantitative estimate of drug-likeness (QED) is 0.483. The molecule has 0 aliphatic carbocycles. The summed E-state index contributed by atoms with van der Waals surface area (Å²) in [5, 5.41) is 0. The van der Waals surface area contributed by atoms with Crippen molar-refractivity contribution in [3.63, 3.8) is 0 Å². The first-order valence-corrected chi connectivity index (χ1v) is 10.5. The highest BCUT2D eigenvalue weighted by atomic mass is 32.2. The number of nitrogens with zero attached hydrogens (tertiary/aromatic N) is 4. The second kappa shape index (κ2) is 8.25. The van der Waals surface area contributed by atoms with Gasteiger partial charge in [-0.15, -0.1) is 0 Å². The van der Waals surface area contributed by atoms with Crippen LogP contribution in [0.4, 0.5) is 11.4 Å². The molecule has 2 aromatic carbocycles. The molecule has 1 aliphatic rings. The number of pyridine rings is 1. The molecule has 0 radical (unpaired) electrons. The fourth-order valence-corrected chi connectivity index (χ4v) is 4.52. The first-order chi connectivity index (χ1) is 15.2. The number of hydrogen-bond acceptors (Lipinski definition) is 8. The molecule has 0 amide bonds. The van der Waals surface area contributed by atoms with E-state index in [4.69, 9.17) is 15.2 Å². The Morgan fingerprint density at radius 2 is 1.77 bits per heavy atom. The van der Waals surface area contributed by atoms with Gasteiger partial charge in [0.25, 0.3) is 0 Å². The number of anilines is 2. The third kappa shape index (κ3) is 3.67. The van der Waals surface area contributed by atoms with Crippen LogP contribution in [0.2, 0.25) is 0 Å². The zero-order valence-corrected chi connectivity index (χ0v) is 17.5. The second-order valence-corrected chi connectivity index (χ2v) is 7.89. The standard InChI is InChI=1S/C23H19N5O2S/c1-29-19-14-25-11-10-17(19)21-22(27-13-12-26-21)30-16-8-6-15(7-9-16)28-18-4-2-3-5-20(18)31-23(28)24/h2-14,23H,24H2,1H3. The summed E-state index contributed by atoms with van der Waals surface area (Å²) in [4.78, 5) is 16.2. The van der Waals surface area contributed by atoms with E-state index in [1.54, 1.807) is 43.7 Å². The second-order valence-electron chi connectivity index (χ2n) is 6.73. The Labute approximate surface area is 183 Å². The van der Waals surface area contributed by atoms with Crippen molar-refractivity contribution in [1.82, 2.24) is 15.0 Å². The fraction of sp³-hybridized carbons (Fsp3) is 0.0870. The summed E-state index contributed by atoms with van der Waals surface area (Å²) in [5.74, 6) is 1.63. The first kappa shape index (κ1) is 19.3. The van der Waals surface area contributed by atoms with Gasteiger partial charge in [0.1, 0.15) is 22.7 Å². The number of nitrogens with two attached hydrogens (primary N) is 1. The van der Waals surface area contributed by atoms with Crippen molar-refractivity contribution in [2.24, 2.45) is 5.73 Å². The number of ether oxygens (including phenoxy) is 2. The Morgan fingerprint density at radius 1 is 0.968 bits per heavy atom. The van der Waals surface area contributed by atoms with Crippen LogP contribution in [-0.2, 0) is 0 Å². The summed E-state index contributed by atoms with van der Waals surface area (Å²) < 4.78 is 11.5. The van der Waals surface area contributed by atoms with Gasteiger partial charge in [0.2, 0.25) is 5.88 Å². The maximum Gasteiger partial charge on any atom is 0.246 e. The van der Waals surface area contributed by atoms with Crippen LogP contribution < -0.4 is 20.1 Å². The van der Waals surface area contributed by atoms with Crippen LogP contribution in [0, 0.1) is 0 Å². The highest BCUT2D eigenvalue weighted by Crippen LogP contribution is 2.45. The van der Waals surface area contributed by atoms with E-state index in [1.165, 1.54) is 4.90 Å². The molecule has 0 bridgehead atoms. The molecule has 2 aromatic heterocycles. The van der Waals surface area contributed by atoms with E-state index in [1.807, 2.05) is 42.5 Å². The summed E-state index contributed by atoms with van der Waals surface area (Å²) in [6.45, 7) is 0. The minimum atomic E-state index is -0.171. The minimum Gasteiger partial charge on any atom is -0.494 e. The zero-order valence-electron chi connectivity index (χ0n) is 16.7. The molecule has 154 valence electrons. The normalized spacial score (nSPS) is 14.9. The lowest BCUT2D eigenvalue weighted by Crippen LogP contribution is -2.31. The van der Waals surface area contributed by atoms with Crippen molar-refractivity contribution in [3.05, 3.63) is 79.4 Å². The van der Waals surface area contributed by atoms with E-state index >= 15 is 0 Å². The van der Waals surface area contributed by atoms with Crippen LogP contribution in [0.1, 0.15) is 0 Å². The molecule has 0 saturated heterocycles. The zero-order chi connectivity index (χ0) is 21.2. The minimum absolute atomic E-state index is 0.171. The fourth-order valence-electron chi connectivity index (χ4n) is 3.47. The molecule has 1 atom stereocenters. The van der Waals surface area contributed by atoms with Gasteiger partial charge >= 0.3 is 0 Å². The third-order valence-corrected chi connectivity index (χ3v) is 5.93. The van der Waals surface area contributed by atoms with E-state index in [0.717, 1.165) is 16.9 Å². The monoisotopic (exact) mass is 429 g/mol. The molecule has 1 aliphatic heterocycles. The number of aromatic nitrogens is 3. The number of methoxy groups -OCH3 is 1. The number of benzene rings is 2. The summed E-state index contributed by atoms with van der Waals surface area (Å²) >= 11 is 1.64. The Hall–Kier alpha value is -3.62. The molecule has 3 heterocycles. The molecule has 1 unspecified atom stereocenters. The molecule has 5 rings (SSSR count). The van der Waals surface area contributed by atoms with E-state index < -0.39 is 0 Å². The molecule has 2 N–H and O–H groups in total. The average Bonchev–Trinajstić information content (AvgIpc) is 3.15. The van der Waals surface area contributed by atoms with Gasteiger partial charge in [-0.3, -0.25) is 4.98 Å². The average molecular weight is 430 g/mol. The van der Waals surface area contributed by atoms with Crippen LogP contribution in [0.25, 0.3) is 11.3 Å². The third-order valence-electron chi connectivity index (χ3n) is 4.88. The van der Waals surface area contributed by atoms with Gasteiger partial charge in [-0.1, -0.05) is 23.9 Å². The predicted octanol–water partition coefficient (Wildman–Crippen LogP) is 4.83. The van der Waals surface area contributed by atoms with E-state index in [2.05, 4.69) is 32.0 Å². The molecular weight excluding hydrogens is 410 g/mol. The Balaban J connectivity index is 1.43. The summed E-state index contributed by atoms with van der Waals surface area (Å²) in [6.07, 6.45) is 6.53. The molecule has 0 saturated carbocycles. The van der Waals surface area contributed by atoms with Crippen molar-refractivity contribution in [2.45, 2.75) is 10.4 Å². The lowest BCUT2D eigenvalue weighted by atomic mass is 10.2. The van der Waals surface area contributed by atoms with Gasteiger partial charge in [0.05, 0.1) is 24.6 Å². The van der Waals surface area contributed by atoms with Gasteiger partial charge in [0, 0.05) is 29.2 Å². The summed E-state index contributed by atoms with van der Waals surface area (Å²) in [7, 11) is 1.59. The largest absolute Gasteiger partial charge is 0.494 e. The predicted molar refractivity (Wildman–Crippen MR) is 121 cm³/mol. The molecular formula is C23H19N5O2S. The van der Waals surface area contributed by atoms with Crippen LogP contribution >= 0.6 is 11.8 Å². The highest BCUT2D eigenvalue weighted by molar-refractivity contribution is 8.00. The SMILES string of the molecule is COc1cnccc1-c1nccnc1Oc1ccc(N2c3ccccc3SC2N)cc1. The molecule has 7 nitrogen and oxygen atoms in total. The number of rotatable bonds is 5. The van der Waals surface area contributed by atoms with E-state index in [9.17, 15) is 0 Å². The number of para-hydroxylation sites is 1. The van der Waals surface area contributed by atoms with Gasteiger partial charge < -0.3 is 20.1 Å². The van der Waals surface area contributed by atoms with E-state index in [-0.39, 0.29) is 5.50 Å². The lowest BCUT2D eigenvalue weighted by molar-refractivity contribution is 0.413. The topological polar surface area (TPSA) is 86.4 Å². The number of fused-ring (bicyclic) bond motifs is 1. The Bertz CT molecular complexity index is 1220. The van der Waals surface area contributed by atoms with Crippen molar-refractivity contribution in [3.8, 4) is 28.6 Å². The summed E-state index contributed by atoms with van der Waals surface area (Å²) in [6, 6.07) is 17.8. The van der Waals surface area contributed by atoms with Crippen LogP contribution in [0.3, 0.4) is 0 Å². The number of hydrogen-bond donors (Lipinski definition) is 1. The smallest absolute Gasteiger partial charge is 0.246 e. The molecule has 8 heteroatoms. The van der Waals surface area contributed by atoms with Crippen LogP contribution in [-0.4, -0.2) is 27.6 Å². The van der Waals surface area contributed by atoms with Crippen molar-refractivity contribution in [1.29, 1.82) is 0 Å². The van der Waals surface area contributed by atoms with Crippen molar-refractivity contribution < 1.29 is 9.47 Å². The van der Waals surface area contributed by atoms with Crippen LogP contribution in [0.15, 0.2) is 84.3 Å². The van der Waals surface area contributed by atoms with Gasteiger partial charge in [-0.25, -0.2) is 9.97 Å². The molecule has 0 spiro atoms. The Morgan fingerprint density at radius 3 is 2.61 bits per heavy atom. The molecule has 31 heavy (non-hydrogen) atoms. The number of thioether (sulfide) groups is 1. The lowest BCUT2D eigenvalue weighted by Gasteiger charge is -2.23. The van der Waals surface area contributed by atoms with Crippen molar-refractivity contribution >= 4 is 23.1 Å². The first-order valence-electron chi connectivity index (χ1n) is 9.62. The van der Waals surface area contributed by atoms with Crippen LogP contribution in [0.5, 0.6) is 17.4 Å². The van der Waals surface area contributed by atoms with Crippen molar-refractivity contribution in [2.75, 3.05) is 12.0 Å². The summed E-state index contributed by atoms with van der Waals surface area (Å²) in [5.41, 5.74) is 9.62. The van der Waals surface area contributed by atoms with Gasteiger partial charge in [-0.2, -0.15) is 0 Å². The Kier molecular flexibility index (Phi) is 5.15. The molecule has 4 aromatic rings. The van der Waals surface area contributed by atoms with Gasteiger partial charge in [-0.05, 0) is 42.5 Å². The maximum atomic E-state index is 6.36. The molecule has 0 fully saturated rings.